The fourth-order valence-electron chi connectivity index (χ4n) is 2.34. The third-order valence-electron chi connectivity index (χ3n) is 3.38. The Hall–Kier alpha value is -2.49. The van der Waals surface area contributed by atoms with Gasteiger partial charge in [0.15, 0.2) is 0 Å². The van der Waals surface area contributed by atoms with E-state index in [1.54, 1.807) is 0 Å². The van der Waals surface area contributed by atoms with Crippen molar-refractivity contribution >= 4 is 5.69 Å². The molecule has 3 rings (SSSR count). The summed E-state index contributed by atoms with van der Waals surface area (Å²) in [5, 5.41) is 7.80. The Morgan fingerprint density at radius 2 is 2.00 bits per heavy atom. The summed E-state index contributed by atoms with van der Waals surface area (Å²) in [6, 6.07) is 12.5. The van der Waals surface area contributed by atoms with E-state index in [2.05, 4.69) is 52.4 Å². The molecule has 0 aliphatic carbocycles. The Bertz CT molecular complexity index is 682. The molecule has 3 aromatic rings. The second-order valence-corrected chi connectivity index (χ2v) is 5.11. The van der Waals surface area contributed by atoms with Gasteiger partial charge in [0.1, 0.15) is 0 Å². The van der Waals surface area contributed by atoms with Gasteiger partial charge in [-0.25, -0.2) is 0 Å². The van der Waals surface area contributed by atoms with Crippen LogP contribution in [0.4, 0.5) is 5.69 Å². The highest BCUT2D eigenvalue weighted by Crippen LogP contribution is 2.15. The van der Waals surface area contributed by atoms with Gasteiger partial charge < -0.3 is 9.88 Å². The van der Waals surface area contributed by atoms with Crippen molar-refractivity contribution in [3.63, 3.8) is 0 Å². The largest absolute Gasteiger partial charge is 0.381 e. The predicted octanol–water partition coefficient (Wildman–Crippen LogP) is 3.70. The lowest BCUT2D eigenvalue weighted by molar-refractivity contribution is 0.602. The van der Waals surface area contributed by atoms with Crippen LogP contribution in [-0.2, 0) is 13.1 Å². The Morgan fingerprint density at radius 3 is 2.81 bits per heavy atom. The van der Waals surface area contributed by atoms with Crippen LogP contribution < -0.4 is 5.32 Å². The number of nitrogens with one attached hydrogen (secondary N) is 1. The van der Waals surface area contributed by atoms with E-state index < -0.39 is 0 Å². The summed E-state index contributed by atoms with van der Waals surface area (Å²) < 4.78 is 4.09. The van der Waals surface area contributed by atoms with E-state index >= 15 is 0 Å². The van der Waals surface area contributed by atoms with Gasteiger partial charge in [-0.3, -0.25) is 4.68 Å². The van der Waals surface area contributed by atoms with Gasteiger partial charge in [0.05, 0.1) is 6.20 Å². The minimum atomic E-state index is 0.791. The topological polar surface area (TPSA) is 34.8 Å². The highest BCUT2D eigenvalue weighted by Gasteiger charge is 2.00. The Kier molecular flexibility index (Phi) is 4.05. The zero-order valence-corrected chi connectivity index (χ0v) is 12.2. The number of rotatable bonds is 6. The summed E-state index contributed by atoms with van der Waals surface area (Å²) in [7, 11) is 0. The molecule has 0 radical (unpaired) electrons. The molecule has 0 saturated carbocycles. The van der Waals surface area contributed by atoms with Gasteiger partial charge in [-0.15, -0.1) is 0 Å². The van der Waals surface area contributed by atoms with Crippen molar-refractivity contribution in [3.05, 3.63) is 66.7 Å². The molecule has 2 heterocycles. The van der Waals surface area contributed by atoms with Gasteiger partial charge in [-0.2, -0.15) is 5.10 Å². The van der Waals surface area contributed by atoms with Gasteiger partial charge in [0.2, 0.25) is 0 Å². The molecule has 0 atom stereocenters. The number of hydrogen-bond donors (Lipinski definition) is 1. The molecule has 1 N–H and O–H groups in total. The van der Waals surface area contributed by atoms with E-state index in [1.807, 2.05) is 35.4 Å². The van der Waals surface area contributed by atoms with Crippen LogP contribution >= 0.6 is 0 Å². The number of benzene rings is 1. The number of hydrogen-bond acceptors (Lipinski definition) is 2. The molecule has 0 fully saturated rings. The van der Waals surface area contributed by atoms with Gasteiger partial charge in [0.25, 0.3) is 0 Å². The van der Waals surface area contributed by atoms with E-state index in [-0.39, 0.29) is 0 Å². The lowest BCUT2D eigenvalue weighted by Crippen LogP contribution is -2.00. The monoisotopic (exact) mass is 280 g/mol. The van der Waals surface area contributed by atoms with Crippen molar-refractivity contribution < 1.29 is 0 Å². The number of aryl methyl sites for hydroxylation is 1. The molecule has 0 unspecified atom stereocenters. The summed E-state index contributed by atoms with van der Waals surface area (Å²) in [5.41, 5.74) is 3.48. The average molecular weight is 280 g/mol. The first-order chi connectivity index (χ1) is 10.3. The number of nitrogens with zero attached hydrogens (tertiary/aromatic N) is 3. The van der Waals surface area contributed by atoms with E-state index in [9.17, 15) is 0 Å². The summed E-state index contributed by atoms with van der Waals surface area (Å²) in [6.07, 6.45) is 9.24. The fourth-order valence-corrected chi connectivity index (χ4v) is 2.34. The van der Waals surface area contributed by atoms with Crippen LogP contribution in [-0.4, -0.2) is 14.3 Å². The summed E-state index contributed by atoms with van der Waals surface area (Å²) >= 11 is 0. The van der Waals surface area contributed by atoms with E-state index in [0.29, 0.717) is 0 Å². The zero-order chi connectivity index (χ0) is 14.5. The molecular formula is C17H20N4. The minimum Gasteiger partial charge on any atom is -0.381 e. The fraction of sp³-hybridized carbons (Fsp3) is 0.235. The van der Waals surface area contributed by atoms with Gasteiger partial charge in [0, 0.05) is 48.6 Å². The first-order valence-corrected chi connectivity index (χ1v) is 7.34. The third-order valence-corrected chi connectivity index (χ3v) is 3.38. The van der Waals surface area contributed by atoms with Crippen LogP contribution in [0.25, 0.3) is 5.69 Å². The first-order valence-electron chi connectivity index (χ1n) is 7.34. The van der Waals surface area contributed by atoms with Crippen molar-refractivity contribution in [3.8, 4) is 5.69 Å². The molecule has 2 aromatic heterocycles. The Balaban J connectivity index is 1.66. The van der Waals surface area contributed by atoms with E-state index in [4.69, 9.17) is 0 Å². The second-order valence-electron chi connectivity index (χ2n) is 5.11. The van der Waals surface area contributed by atoms with Crippen LogP contribution in [0.3, 0.4) is 0 Å². The van der Waals surface area contributed by atoms with Crippen molar-refractivity contribution in [1.82, 2.24) is 14.3 Å². The normalized spacial score (nSPS) is 10.7. The highest BCUT2D eigenvalue weighted by atomic mass is 15.3. The molecule has 4 nitrogen and oxygen atoms in total. The van der Waals surface area contributed by atoms with Gasteiger partial charge >= 0.3 is 0 Å². The maximum absolute atomic E-state index is 4.35. The summed E-state index contributed by atoms with van der Waals surface area (Å²) in [4.78, 5) is 0. The molecule has 21 heavy (non-hydrogen) atoms. The van der Waals surface area contributed by atoms with E-state index in [1.165, 1.54) is 5.56 Å². The highest BCUT2D eigenvalue weighted by molar-refractivity contribution is 5.51. The number of aromatic nitrogens is 3. The molecule has 0 bridgehead atoms. The lowest BCUT2D eigenvalue weighted by atomic mass is 10.2. The molecule has 0 spiro atoms. The van der Waals surface area contributed by atoms with Crippen molar-refractivity contribution in [2.24, 2.45) is 0 Å². The van der Waals surface area contributed by atoms with Crippen LogP contribution in [0.15, 0.2) is 61.2 Å². The second kappa shape index (κ2) is 6.31. The van der Waals surface area contributed by atoms with E-state index in [0.717, 1.165) is 30.9 Å². The Labute approximate surface area is 125 Å². The standard InChI is InChI=1S/C17H20N4/c1-2-8-21-14-15(13-19-21)12-18-16-6-5-7-17(11-16)20-9-3-4-10-20/h3-7,9-11,13-14,18H,2,8,12H2,1H3. The predicted molar refractivity (Wildman–Crippen MR) is 85.6 cm³/mol. The van der Waals surface area contributed by atoms with Crippen LogP contribution in [0, 0.1) is 0 Å². The maximum atomic E-state index is 4.35. The molecular weight excluding hydrogens is 260 g/mol. The summed E-state index contributed by atoms with van der Waals surface area (Å²) in [6.45, 7) is 3.92. The molecule has 0 saturated heterocycles. The SMILES string of the molecule is CCCn1cc(CNc2cccc(-n3cccc3)c2)cn1. The minimum absolute atomic E-state index is 0.791. The first kappa shape index (κ1) is 13.5. The molecule has 4 heteroatoms. The molecule has 108 valence electrons. The van der Waals surface area contributed by atoms with Crippen LogP contribution in [0.2, 0.25) is 0 Å². The molecule has 1 aromatic carbocycles. The molecule has 0 aliphatic rings. The average Bonchev–Trinajstić information content (AvgIpc) is 3.18. The van der Waals surface area contributed by atoms with Crippen molar-refractivity contribution in [2.45, 2.75) is 26.4 Å². The molecule has 0 aliphatic heterocycles. The zero-order valence-electron chi connectivity index (χ0n) is 12.2. The quantitative estimate of drug-likeness (QED) is 0.747. The van der Waals surface area contributed by atoms with Crippen LogP contribution in [0.5, 0.6) is 0 Å². The van der Waals surface area contributed by atoms with Crippen LogP contribution in [0.1, 0.15) is 18.9 Å². The molecule has 0 amide bonds. The van der Waals surface area contributed by atoms with Gasteiger partial charge in [-0.05, 0) is 36.8 Å². The van der Waals surface area contributed by atoms with Gasteiger partial charge in [-0.1, -0.05) is 13.0 Å². The number of anilines is 1. The lowest BCUT2D eigenvalue weighted by Gasteiger charge is -2.08. The van der Waals surface area contributed by atoms with Crippen molar-refractivity contribution in [2.75, 3.05) is 5.32 Å². The summed E-state index contributed by atoms with van der Waals surface area (Å²) in [5.74, 6) is 0. The third kappa shape index (κ3) is 3.34. The smallest absolute Gasteiger partial charge is 0.0539 e. The Morgan fingerprint density at radius 1 is 1.14 bits per heavy atom. The maximum Gasteiger partial charge on any atom is 0.0539 e. The van der Waals surface area contributed by atoms with Crippen molar-refractivity contribution in [1.29, 1.82) is 0 Å².